The van der Waals surface area contributed by atoms with E-state index in [9.17, 15) is 13.6 Å². The molecule has 0 spiro atoms. The van der Waals surface area contributed by atoms with Gasteiger partial charge in [0.1, 0.15) is 17.5 Å². The largest absolute Gasteiger partial charge is 0.306 e. The van der Waals surface area contributed by atoms with E-state index < -0.39 is 11.6 Å². The number of nitrogens with one attached hydrogen (secondary N) is 1. The summed E-state index contributed by atoms with van der Waals surface area (Å²) < 4.78 is 30.3. The molecular formula is C19H13BrF2N2OS. The second-order valence-corrected chi connectivity index (χ2v) is 7.99. The van der Waals surface area contributed by atoms with Crippen molar-refractivity contribution in [3.8, 4) is 22.5 Å². The van der Waals surface area contributed by atoms with Crippen LogP contribution in [0, 0.1) is 11.6 Å². The zero-order valence-corrected chi connectivity index (χ0v) is 15.9. The average Bonchev–Trinajstić information content (AvgIpc) is 2.62. The van der Waals surface area contributed by atoms with Crippen molar-refractivity contribution in [1.29, 1.82) is 0 Å². The minimum atomic E-state index is -0.754. The first kappa shape index (κ1) is 17.4. The molecule has 0 radical (unpaired) electrons. The van der Waals surface area contributed by atoms with E-state index in [4.69, 9.17) is 0 Å². The van der Waals surface area contributed by atoms with Gasteiger partial charge in [-0.3, -0.25) is 4.79 Å². The Labute approximate surface area is 161 Å². The molecule has 0 saturated carbocycles. The molecule has 3 nitrogen and oxygen atoms in total. The van der Waals surface area contributed by atoms with Crippen LogP contribution in [0.1, 0.15) is 11.3 Å². The molecule has 4 rings (SSSR count). The molecule has 0 fully saturated rings. The summed E-state index contributed by atoms with van der Waals surface area (Å²) in [4.78, 5) is 19.1. The molecule has 1 N–H and O–H groups in total. The van der Waals surface area contributed by atoms with Crippen molar-refractivity contribution in [2.75, 3.05) is 5.75 Å². The van der Waals surface area contributed by atoms with Crippen molar-refractivity contribution in [3.63, 3.8) is 0 Å². The molecule has 0 bridgehead atoms. The molecule has 3 aromatic rings. The van der Waals surface area contributed by atoms with Crippen molar-refractivity contribution >= 4 is 27.7 Å². The van der Waals surface area contributed by atoms with Crippen LogP contribution in [0.15, 0.2) is 45.7 Å². The number of rotatable bonds is 2. The van der Waals surface area contributed by atoms with Gasteiger partial charge in [0, 0.05) is 15.8 Å². The van der Waals surface area contributed by atoms with Crippen molar-refractivity contribution in [2.24, 2.45) is 0 Å². The monoisotopic (exact) mass is 434 g/mol. The molecule has 26 heavy (non-hydrogen) atoms. The second-order valence-electron chi connectivity index (χ2n) is 5.96. The zero-order valence-electron chi connectivity index (χ0n) is 13.5. The van der Waals surface area contributed by atoms with E-state index >= 15 is 0 Å². The predicted molar refractivity (Wildman–Crippen MR) is 103 cm³/mol. The third-order valence-corrected chi connectivity index (χ3v) is 5.80. The van der Waals surface area contributed by atoms with Crippen molar-refractivity contribution in [1.82, 2.24) is 9.97 Å². The van der Waals surface area contributed by atoms with E-state index in [-0.39, 0.29) is 16.9 Å². The lowest BCUT2D eigenvalue weighted by atomic mass is 10.0. The summed E-state index contributed by atoms with van der Waals surface area (Å²) in [5.74, 6) is -0.146. The Morgan fingerprint density at radius 2 is 1.77 bits per heavy atom. The Balaban J connectivity index is 1.82. The molecule has 0 aliphatic carbocycles. The summed E-state index contributed by atoms with van der Waals surface area (Å²) in [5, 5.41) is 0. The summed E-state index contributed by atoms with van der Waals surface area (Å²) in [6.45, 7) is 0. The fourth-order valence-electron chi connectivity index (χ4n) is 2.97. The quantitative estimate of drug-likeness (QED) is 0.621. The Hall–Kier alpha value is -1.99. The lowest BCUT2D eigenvalue weighted by Gasteiger charge is -2.15. The van der Waals surface area contributed by atoms with Crippen LogP contribution in [0.25, 0.3) is 22.5 Å². The molecule has 0 amide bonds. The van der Waals surface area contributed by atoms with Crippen LogP contribution in [-0.2, 0) is 12.2 Å². The highest BCUT2D eigenvalue weighted by atomic mass is 79.9. The van der Waals surface area contributed by atoms with Gasteiger partial charge >= 0.3 is 0 Å². The third kappa shape index (κ3) is 3.21. The van der Waals surface area contributed by atoms with E-state index in [0.717, 1.165) is 10.2 Å². The maximum absolute atomic E-state index is 14.7. The van der Waals surface area contributed by atoms with Crippen LogP contribution >= 0.6 is 27.7 Å². The van der Waals surface area contributed by atoms with Crippen LogP contribution in [0.4, 0.5) is 8.78 Å². The van der Waals surface area contributed by atoms with Crippen LogP contribution in [0.3, 0.4) is 0 Å². The number of hydrogen-bond donors (Lipinski definition) is 1. The summed E-state index contributed by atoms with van der Waals surface area (Å²) in [7, 11) is 0. The summed E-state index contributed by atoms with van der Waals surface area (Å²) in [6.07, 6.45) is 0.622. The lowest BCUT2D eigenvalue weighted by Crippen LogP contribution is -2.21. The molecular weight excluding hydrogens is 422 g/mol. The molecule has 132 valence electrons. The number of benzene rings is 2. The van der Waals surface area contributed by atoms with Gasteiger partial charge in [0.2, 0.25) is 0 Å². The fourth-order valence-corrected chi connectivity index (χ4v) is 4.22. The van der Waals surface area contributed by atoms with E-state index in [1.165, 1.54) is 12.1 Å². The topological polar surface area (TPSA) is 45.8 Å². The smallest absolute Gasteiger partial charge is 0.255 e. The molecule has 7 heteroatoms. The Morgan fingerprint density at radius 1 is 1.08 bits per heavy atom. The fraction of sp³-hybridized carbons (Fsp3) is 0.158. The van der Waals surface area contributed by atoms with Crippen LogP contribution in [-0.4, -0.2) is 15.7 Å². The number of hydrogen-bond acceptors (Lipinski definition) is 3. The number of nitrogens with zero attached hydrogens (tertiary/aromatic N) is 1. The maximum Gasteiger partial charge on any atom is 0.255 e. The summed E-state index contributed by atoms with van der Waals surface area (Å²) in [5.41, 5.74) is 1.71. The normalized spacial score (nSPS) is 13.5. The highest BCUT2D eigenvalue weighted by Crippen LogP contribution is 2.30. The first-order chi connectivity index (χ1) is 12.5. The lowest BCUT2D eigenvalue weighted by molar-refractivity contribution is 0.588. The van der Waals surface area contributed by atoms with Crippen molar-refractivity contribution < 1.29 is 8.78 Å². The van der Waals surface area contributed by atoms with Gasteiger partial charge in [-0.05, 0) is 47.6 Å². The molecule has 0 saturated heterocycles. The maximum atomic E-state index is 14.7. The number of halogens is 3. The van der Waals surface area contributed by atoms with E-state index in [0.29, 0.717) is 34.6 Å². The van der Waals surface area contributed by atoms with Crippen molar-refractivity contribution in [2.45, 2.75) is 12.2 Å². The SMILES string of the molecule is O=c1[nH]c(-c2c(F)cc(-c3ccc(Br)cc3)cc2F)nc2c1CSCC2. The average molecular weight is 435 g/mol. The summed E-state index contributed by atoms with van der Waals surface area (Å²) in [6, 6.07) is 9.68. The molecule has 2 heterocycles. The van der Waals surface area contributed by atoms with Gasteiger partial charge < -0.3 is 4.98 Å². The van der Waals surface area contributed by atoms with Gasteiger partial charge in [-0.15, -0.1) is 0 Å². The van der Waals surface area contributed by atoms with Gasteiger partial charge in [0.05, 0.1) is 11.3 Å². The predicted octanol–water partition coefficient (Wildman–Crippen LogP) is 4.93. The first-order valence-electron chi connectivity index (χ1n) is 7.98. The molecule has 1 aliphatic rings. The highest BCUT2D eigenvalue weighted by molar-refractivity contribution is 9.10. The standard InChI is InChI=1S/C19H13BrF2N2OS/c20-12-3-1-10(2-4-12)11-7-14(21)17(15(22)8-11)18-23-16-5-6-26-9-13(16)19(25)24-18/h1-4,7-8H,5-6,9H2,(H,23,24,25). The van der Waals surface area contributed by atoms with E-state index in [2.05, 4.69) is 25.9 Å². The molecule has 2 aromatic carbocycles. The molecule has 0 unspecified atom stereocenters. The van der Waals surface area contributed by atoms with E-state index in [1.807, 2.05) is 0 Å². The van der Waals surface area contributed by atoms with Crippen molar-refractivity contribution in [3.05, 3.63) is 74.1 Å². The Kier molecular flexibility index (Phi) is 4.67. The van der Waals surface area contributed by atoms with Crippen LogP contribution in [0.5, 0.6) is 0 Å². The Morgan fingerprint density at radius 3 is 2.46 bits per heavy atom. The molecule has 0 atom stereocenters. The minimum absolute atomic E-state index is 0.0574. The van der Waals surface area contributed by atoms with Crippen LogP contribution in [0.2, 0.25) is 0 Å². The first-order valence-corrected chi connectivity index (χ1v) is 9.93. The number of fused-ring (bicyclic) bond motifs is 1. The highest BCUT2D eigenvalue weighted by Gasteiger charge is 2.21. The Bertz CT molecular complexity index is 1030. The number of aromatic nitrogens is 2. The van der Waals surface area contributed by atoms with Gasteiger partial charge in [0.25, 0.3) is 5.56 Å². The molecule has 1 aromatic heterocycles. The van der Waals surface area contributed by atoms with Gasteiger partial charge in [-0.2, -0.15) is 11.8 Å². The number of aromatic amines is 1. The number of H-pyrrole nitrogens is 1. The molecule has 1 aliphatic heterocycles. The van der Waals surface area contributed by atoms with Gasteiger partial charge in [0.15, 0.2) is 0 Å². The van der Waals surface area contributed by atoms with Gasteiger partial charge in [-0.1, -0.05) is 28.1 Å². The minimum Gasteiger partial charge on any atom is -0.306 e. The van der Waals surface area contributed by atoms with Gasteiger partial charge in [-0.25, -0.2) is 13.8 Å². The number of aryl methyl sites for hydroxylation is 1. The zero-order chi connectivity index (χ0) is 18.3. The summed E-state index contributed by atoms with van der Waals surface area (Å²) >= 11 is 4.98. The van der Waals surface area contributed by atoms with E-state index in [1.54, 1.807) is 36.0 Å². The van der Waals surface area contributed by atoms with Crippen LogP contribution < -0.4 is 5.56 Å². The second kappa shape index (κ2) is 6.96. The third-order valence-electron chi connectivity index (χ3n) is 4.29. The number of thioether (sulfide) groups is 1.